The molecular formula is C10H14FN3O. The lowest BCUT2D eigenvalue weighted by atomic mass is 10.1. The maximum absolute atomic E-state index is 13.3. The van der Waals surface area contributed by atoms with Crippen LogP contribution < -0.4 is 11.1 Å². The quantitative estimate of drug-likeness (QED) is 0.303. The Morgan fingerprint density at radius 2 is 2.27 bits per heavy atom. The lowest BCUT2D eigenvalue weighted by Crippen LogP contribution is -2.31. The second-order valence-electron chi connectivity index (χ2n) is 3.22. The Labute approximate surface area is 87.6 Å². The fraction of sp³-hybridized carbons (Fsp3) is 0.300. The average Bonchev–Trinajstić information content (AvgIpc) is 2.26. The van der Waals surface area contributed by atoms with Crippen molar-refractivity contribution in [3.05, 3.63) is 35.6 Å². The van der Waals surface area contributed by atoms with Gasteiger partial charge in [-0.15, -0.1) is 0 Å². The molecule has 0 aromatic heterocycles. The highest BCUT2D eigenvalue weighted by Gasteiger charge is 2.09. The lowest BCUT2D eigenvalue weighted by Gasteiger charge is -2.14. The number of hydrogen-bond donors (Lipinski definition) is 3. The highest BCUT2D eigenvalue weighted by Crippen LogP contribution is 2.15. The van der Waals surface area contributed by atoms with Crippen molar-refractivity contribution in [2.75, 3.05) is 6.54 Å². The van der Waals surface area contributed by atoms with E-state index in [1.165, 1.54) is 6.07 Å². The summed E-state index contributed by atoms with van der Waals surface area (Å²) in [4.78, 5) is 0. The molecule has 0 bridgehead atoms. The van der Waals surface area contributed by atoms with Gasteiger partial charge in [-0.25, -0.2) is 4.39 Å². The van der Waals surface area contributed by atoms with Crippen LogP contribution in [0.5, 0.6) is 0 Å². The van der Waals surface area contributed by atoms with E-state index in [2.05, 4.69) is 10.5 Å². The van der Waals surface area contributed by atoms with Crippen molar-refractivity contribution < 1.29 is 9.60 Å². The standard InChI is InChI=1S/C10H14FN3O/c1-7(13-6-10(12)14-15)8-4-2-3-5-9(8)11/h2-5,7,13,15H,6H2,1H3,(H2,12,14)/t7-/m1/s1. The monoisotopic (exact) mass is 211 g/mol. The van der Waals surface area contributed by atoms with Crippen molar-refractivity contribution in [3.63, 3.8) is 0 Å². The second-order valence-corrected chi connectivity index (χ2v) is 3.22. The topological polar surface area (TPSA) is 70.6 Å². The molecule has 0 spiro atoms. The number of halogens is 1. The number of nitrogens with two attached hydrogens (primary N) is 1. The average molecular weight is 211 g/mol. The third kappa shape index (κ3) is 3.21. The van der Waals surface area contributed by atoms with E-state index in [-0.39, 0.29) is 24.2 Å². The number of oxime groups is 1. The van der Waals surface area contributed by atoms with Crippen LogP contribution in [-0.4, -0.2) is 17.6 Å². The van der Waals surface area contributed by atoms with Crippen molar-refractivity contribution >= 4 is 5.84 Å². The lowest BCUT2D eigenvalue weighted by molar-refractivity contribution is 0.316. The van der Waals surface area contributed by atoms with E-state index >= 15 is 0 Å². The number of nitrogens with zero attached hydrogens (tertiary/aromatic N) is 1. The molecule has 1 rings (SSSR count). The molecule has 0 heterocycles. The summed E-state index contributed by atoms with van der Waals surface area (Å²) in [5.74, 6) is -0.199. The number of hydrogen-bond acceptors (Lipinski definition) is 3. The van der Waals surface area contributed by atoms with Gasteiger partial charge in [-0.05, 0) is 13.0 Å². The summed E-state index contributed by atoms with van der Waals surface area (Å²) < 4.78 is 13.3. The molecule has 1 aromatic carbocycles. The molecule has 0 fully saturated rings. The third-order valence-corrected chi connectivity index (χ3v) is 2.09. The molecule has 82 valence electrons. The number of amidine groups is 1. The van der Waals surface area contributed by atoms with E-state index in [4.69, 9.17) is 10.9 Å². The molecule has 0 unspecified atom stereocenters. The van der Waals surface area contributed by atoms with Gasteiger partial charge in [0.25, 0.3) is 0 Å². The predicted molar refractivity (Wildman–Crippen MR) is 56.2 cm³/mol. The van der Waals surface area contributed by atoms with E-state index in [0.29, 0.717) is 5.56 Å². The van der Waals surface area contributed by atoms with Crippen molar-refractivity contribution in [3.8, 4) is 0 Å². The number of rotatable bonds is 4. The van der Waals surface area contributed by atoms with Gasteiger partial charge in [-0.1, -0.05) is 23.4 Å². The Morgan fingerprint density at radius 1 is 1.60 bits per heavy atom. The molecule has 4 N–H and O–H groups in total. The first-order valence-corrected chi connectivity index (χ1v) is 4.59. The minimum atomic E-state index is -0.267. The van der Waals surface area contributed by atoms with E-state index < -0.39 is 0 Å². The second kappa shape index (κ2) is 5.31. The summed E-state index contributed by atoms with van der Waals surface area (Å²) in [6.45, 7) is 2.02. The molecule has 5 heteroatoms. The summed E-state index contributed by atoms with van der Waals surface area (Å²) >= 11 is 0. The minimum absolute atomic E-state index is 0.0678. The molecule has 0 saturated heterocycles. The van der Waals surface area contributed by atoms with Gasteiger partial charge in [0.1, 0.15) is 5.82 Å². The summed E-state index contributed by atoms with van der Waals surface area (Å²) in [6.07, 6.45) is 0. The molecule has 0 saturated carbocycles. The maximum Gasteiger partial charge on any atom is 0.153 e. The predicted octanol–water partition coefficient (Wildman–Crippen LogP) is 1.22. The van der Waals surface area contributed by atoms with Gasteiger partial charge < -0.3 is 16.3 Å². The van der Waals surface area contributed by atoms with Crippen LogP contribution in [0.25, 0.3) is 0 Å². The molecule has 1 atom stereocenters. The number of nitrogens with one attached hydrogen (secondary N) is 1. The van der Waals surface area contributed by atoms with Crippen molar-refractivity contribution in [2.24, 2.45) is 10.9 Å². The Kier molecular flexibility index (Phi) is 4.05. The van der Waals surface area contributed by atoms with Crippen molar-refractivity contribution in [1.29, 1.82) is 0 Å². The Bertz CT molecular complexity index is 354. The normalized spacial score (nSPS) is 13.9. The van der Waals surface area contributed by atoms with E-state index in [0.717, 1.165) is 0 Å². The zero-order valence-electron chi connectivity index (χ0n) is 8.44. The smallest absolute Gasteiger partial charge is 0.153 e. The summed E-state index contributed by atoms with van der Waals surface area (Å²) in [7, 11) is 0. The van der Waals surface area contributed by atoms with Crippen LogP contribution >= 0.6 is 0 Å². The molecule has 1 aromatic rings. The van der Waals surface area contributed by atoms with Gasteiger partial charge in [0.2, 0.25) is 0 Å². The Balaban J connectivity index is 2.61. The van der Waals surface area contributed by atoms with Crippen LogP contribution in [0, 0.1) is 5.82 Å². The van der Waals surface area contributed by atoms with Crippen LogP contribution in [-0.2, 0) is 0 Å². The van der Waals surface area contributed by atoms with Gasteiger partial charge in [-0.2, -0.15) is 0 Å². The molecule has 0 amide bonds. The summed E-state index contributed by atoms with van der Waals surface area (Å²) in [5, 5.41) is 14.1. The van der Waals surface area contributed by atoms with Crippen LogP contribution in [0.4, 0.5) is 4.39 Å². The molecule has 0 radical (unpaired) electrons. The summed E-state index contributed by atoms with van der Waals surface area (Å²) in [5.41, 5.74) is 5.84. The first-order valence-electron chi connectivity index (χ1n) is 4.59. The maximum atomic E-state index is 13.3. The first kappa shape index (κ1) is 11.5. The van der Waals surface area contributed by atoms with Crippen molar-refractivity contribution in [1.82, 2.24) is 5.32 Å². The highest BCUT2D eigenvalue weighted by molar-refractivity contribution is 5.81. The Morgan fingerprint density at radius 3 is 2.87 bits per heavy atom. The van der Waals surface area contributed by atoms with E-state index in [9.17, 15) is 4.39 Å². The molecule has 0 aliphatic carbocycles. The third-order valence-electron chi connectivity index (χ3n) is 2.09. The van der Waals surface area contributed by atoms with Gasteiger partial charge in [0, 0.05) is 11.6 Å². The zero-order valence-corrected chi connectivity index (χ0v) is 8.44. The molecule has 15 heavy (non-hydrogen) atoms. The SMILES string of the molecule is C[C@@H](NC/C(N)=N/O)c1ccccc1F. The van der Waals surface area contributed by atoms with Crippen LogP contribution in [0.3, 0.4) is 0 Å². The minimum Gasteiger partial charge on any atom is -0.409 e. The summed E-state index contributed by atoms with van der Waals surface area (Å²) in [6, 6.07) is 6.30. The Hall–Kier alpha value is -1.62. The first-order chi connectivity index (χ1) is 7.15. The molecule has 4 nitrogen and oxygen atoms in total. The number of benzene rings is 1. The van der Waals surface area contributed by atoms with E-state index in [1.807, 2.05) is 6.92 Å². The van der Waals surface area contributed by atoms with Crippen LogP contribution in [0.2, 0.25) is 0 Å². The van der Waals surface area contributed by atoms with Gasteiger partial charge >= 0.3 is 0 Å². The van der Waals surface area contributed by atoms with Crippen molar-refractivity contribution in [2.45, 2.75) is 13.0 Å². The van der Waals surface area contributed by atoms with Gasteiger partial charge in [0.15, 0.2) is 5.84 Å². The van der Waals surface area contributed by atoms with E-state index in [1.54, 1.807) is 18.2 Å². The highest BCUT2D eigenvalue weighted by atomic mass is 19.1. The molecule has 0 aliphatic heterocycles. The fourth-order valence-electron chi connectivity index (χ4n) is 1.23. The van der Waals surface area contributed by atoms with Crippen LogP contribution in [0.1, 0.15) is 18.5 Å². The molecule has 0 aliphatic rings. The van der Waals surface area contributed by atoms with Gasteiger partial charge in [-0.3, -0.25) is 0 Å². The van der Waals surface area contributed by atoms with Crippen LogP contribution in [0.15, 0.2) is 29.4 Å². The fourth-order valence-corrected chi connectivity index (χ4v) is 1.23. The zero-order chi connectivity index (χ0) is 11.3. The molecular weight excluding hydrogens is 197 g/mol. The van der Waals surface area contributed by atoms with Gasteiger partial charge in [0.05, 0.1) is 6.54 Å². The largest absolute Gasteiger partial charge is 0.409 e.